The zero-order chi connectivity index (χ0) is 25.1. The van der Waals surface area contributed by atoms with E-state index in [9.17, 15) is 14.0 Å². The number of imidazole rings is 1. The zero-order valence-electron chi connectivity index (χ0n) is 19.4. The first-order valence-corrected chi connectivity index (χ1v) is 11.5. The predicted octanol–water partition coefficient (Wildman–Crippen LogP) is 3.32. The molecule has 2 amide bonds. The number of hydrogen-bond acceptors (Lipinski definition) is 9. The third-order valence-corrected chi connectivity index (χ3v) is 6.07. The summed E-state index contributed by atoms with van der Waals surface area (Å²) in [6, 6.07) is 2.28. The Hall–Kier alpha value is -4.13. The van der Waals surface area contributed by atoms with E-state index in [1.54, 1.807) is 39.3 Å². The summed E-state index contributed by atoms with van der Waals surface area (Å²) in [4.78, 5) is 38.5. The Labute approximate surface area is 203 Å². The zero-order valence-corrected chi connectivity index (χ0v) is 20.2. The number of thiazole rings is 1. The van der Waals surface area contributed by atoms with Gasteiger partial charge in [-0.05, 0) is 26.8 Å². The number of nitrogens with zero attached hydrogens (tertiary/aromatic N) is 5. The molecular formula is C22H23FN8O3S. The molecule has 0 aliphatic heterocycles. The van der Waals surface area contributed by atoms with Crippen molar-refractivity contribution in [1.82, 2.24) is 30.0 Å². The van der Waals surface area contributed by atoms with E-state index in [0.29, 0.717) is 39.4 Å². The lowest BCUT2D eigenvalue weighted by atomic mass is 10.2. The number of nitrogens with one attached hydrogen (secondary N) is 3. The highest BCUT2D eigenvalue weighted by molar-refractivity contribution is 7.13. The van der Waals surface area contributed by atoms with Crippen LogP contribution in [0.2, 0.25) is 0 Å². The lowest BCUT2D eigenvalue weighted by Gasteiger charge is -2.16. The van der Waals surface area contributed by atoms with Gasteiger partial charge in [-0.1, -0.05) is 5.16 Å². The highest BCUT2D eigenvalue weighted by Crippen LogP contribution is 2.27. The van der Waals surface area contributed by atoms with Crippen molar-refractivity contribution < 1.29 is 18.5 Å². The van der Waals surface area contributed by atoms with Gasteiger partial charge in [-0.25, -0.2) is 14.4 Å². The highest BCUT2D eigenvalue weighted by atomic mass is 32.1. The Morgan fingerprint density at radius 1 is 1.26 bits per heavy atom. The fourth-order valence-electron chi connectivity index (χ4n) is 3.26. The molecule has 182 valence electrons. The first kappa shape index (κ1) is 24.0. The summed E-state index contributed by atoms with van der Waals surface area (Å²) in [5.41, 5.74) is 1.57. The van der Waals surface area contributed by atoms with Crippen LogP contribution in [0.15, 0.2) is 34.6 Å². The van der Waals surface area contributed by atoms with Crippen LogP contribution in [-0.4, -0.2) is 43.5 Å². The third kappa shape index (κ3) is 5.19. The lowest BCUT2D eigenvalue weighted by Crippen LogP contribution is -2.30. The molecule has 0 aliphatic carbocycles. The van der Waals surface area contributed by atoms with Crippen LogP contribution in [0.3, 0.4) is 0 Å². The molecule has 13 heteroatoms. The molecule has 0 bridgehead atoms. The number of aryl methyl sites for hydroxylation is 2. The monoisotopic (exact) mass is 498 g/mol. The van der Waals surface area contributed by atoms with Gasteiger partial charge >= 0.3 is 0 Å². The van der Waals surface area contributed by atoms with Crippen molar-refractivity contribution in [2.24, 2.45) is 0 Å². The van der Waals surface area contributed by atoms with Crippen LogP contribution in [0.4, 0.5) is 16.0 Å². The normalized spacial score (nSPS) is 11.8. The number of carbonyl (C=O) groups excluding carboxylic acids is 2. The third-order valence-electron chi connectivity index (χ3n) is 5.18. The Morgan fingerprint density at radius 3 is 2.74 bits per heavy atom. The second-order valence-corrected chi connectivity index (χ2v) is 8.56. The molecule has 0 aromatic carbocycles. The lowest BCUT2D eigenvalue weighted by molar-refractivity contribution is -0.118. The molecule has 3 N–H and O–H groups in total. The van der Waals surface area contributed by atoms with E-state index in [2.05, 4.69) is 36.1 Å². The molecule has 0 aliphatic rings. The van der Waals surface area contributed by atoms with Crippen molar-refractivity contribution in [3.63, 3.8) is 0 Å². The predicted molar refractivity (Wildman–Crippen MR) is 128 cm³/mol. The molecular weight excluding hydrogens is 475 g/mol. The average Bonchev–Trinajstić information content (AvgIpc) is 3.58. The summed E-state index contributed by atoms with van der Waals surface area (Å²) in [5.74, 6) is -0.00267. The summed E-state index contributed by atoms with van der Waals surface area (Å²) in [6.07, 6.45) is 2.94. The van der Waals surface area contributed by atoms with Crippen molar-refractivity contribution >= 4 is 34.8 Å². The number of anilines is 2. The van der Waals surface area contributed by atoms with Crippen LogP contribution in [0.25, 0.3) is 10.6 Å². The van der Waals surface area contributed by atoms with Gasteiger partial charge < -0.3 is 25.0 Å². The van der Waals surface area contributed by atoms with E-state index in [1.807, 2.05) is 0 Å². The smallest absolute Gasteiger partial charge is 0.272 e. The molecule has 0 saturated heterocycles. The maximum Gasteiger partial charge on any atom is 0.272 e. The molecule has 4 aromatic heterocycles. The van der Waals surface area contributed by atoms with Gasteiger partial charge in [0.2, 0.25) is 5.91 Å². The molecule has 0 fully saturated rings. The largest absolute Gasteiger partial charge is 0.371 e. The van der Waals surface area contributed by atoms with E-state index in [0.717, 1.165) is 0 Å². The minimum atomic E-state index is -0.789. The number of carbonyl (C=O) groups is 2. The molecule has 1 atom stereocenters. The summed E-state index contributed by atoms with van der Waals surface area (Å²) < 4.78 is 20.3. The molecule has 4 aromatic rings. The molecule has 0 unspecified atom stereocenters. The number of halogens is 1. The SMILES string of the molecule is CNc1ncn([C@@H](C)C(=O)Nc2csc(-c3cnc(C)c(F)c3)n2)c1C(=O)NCc1cc(C)on1. The highest BCUT2D eigenvalue weighted by Gasteiger charge is 2.25. The van der Waals surface area contributed by atoms with Crippen LogP contribution < -0.4 is 16.0 Å². The Balaban J connectivity index is 1.48. The van der Waals surface area contributed by atoms with Crippen LogP contribution in [-0.2, 0) is 11.3 Å². The summed E-state index contributed by atoms with van der Waals surface area (Å²) in [7, 11) is 1.63. The number of pyridine rings is 1. The number of hydrogen-bond donors (Lipinski definition) is 3. The van der Waals surface area contributed by atoms with Crippen molar-refractivity contribution in [3.8, 4) is 10.6 Å². The van der Waals surface area contributed by atoms with Crippen molar-refractivity contribution in [3.05, 3.63) is 58.7 Å². The summed E-state index contributed by atoms with van der Waals surface area (Å²) >= 11 is 1.25. The molecule has 0 radical (unpaired) electrons. The van der Waals surface area contributed by atoms with Crippen LogP contribution in [0.5, 0.6) is 0 Å². The van der Waals surface area contributed by atoms with E-state index in [1.165, 1.54) is 34.5 Å². The van der Waals surface area contributed by atoms with Gasteiger partial charge in [0.1, 0.15) is 34.1 Å². The fraction of sp³-hybridized carbons (Fsp3) is 0.273. The molecule has 4 heterocycles. The molecule has 35 heavy (non-hydrogen) atoms. The van der Waals surface area contributed by atoms with Crippen molar-refractivity contribution in [2.75, 3.05) is 17.7 Å². The maximum absolute atomic E-state index is 13.9. The number of aromatic nitrogens is 5. The van der Waals surface area contributed by atoms with E-state index in [4.69, 9.17) is 4.52 Å². The van der Waals surface area contributed by atoms with Gasteiger partial charge in [-0.15, -0.1) is 11.3 Å². The number of rotatable bonds is 8. The molecule has 4 rings (SSSR count). The Bertz CT molecular complexity index is 1380. The van der Waals surface area contributed by atoms with Crippen LogP contribution in [0.1, 0.15) is 40.6 Å². The van der Waals surface area contributed by atoms with Crippen molar-refractivity contribution in [1.29, 1.82) is 0 Å². The van der Waals surface area contributed by atoms with E-state index < -0.39 is 23.7 Å². The van der Waals surface area contributed by atoms with Gasteiger partial charge in [0.05, 0.1) is 18.6 Å². The van der Waals surface area contributed by atoms with Crippen molar-refractivity contribution in [2.45, 2.75) is 33.4 Å². The first-order valence-electron chi connectivity index (χ1n) is 10.6. The summed E-state index contributed by atoms with van der Waals surface area (Å²) in [5, 5.41) is 14.4. The van der Waals surface area contributed by atoms with E-state index in [-0.39, 0.29) is 12.2 Å². The van der Waals surface area contributed by atoms with Crippen LogP contribution >= 0.6 is 11.3 Å². The maximum atomic E-state index is 13.9. The Kier molecular flexibility index (Phi) is 6.87. The minimum absolute atomic E-state index is 0.154. The second kappa shape index (κ2) is 10.0. The van der Waals surface area contributed by atoms with Gasteiger partial charge in [0, 0.05) is 30.3 Å². The van der Waals surface area contributed by atoms with E-state index >= 15 is 0 Å². The molecule has 11 nitrogen and oxygen atoms in total. The summed E-state index contributed by atoms with van der Waals surface area (Å²) in [6.45, 7) is 5.13. The minimum Gasteiger partial charge on any atom is -0.371 e. The second-order valence-electron chi connectivity index (χ2n) is 7.70. The Morgan fingerprint density at radius 2 is 2.06 bits per heavy atom. The van der Waals surface area contributed by atoms with Gasteiger partial charge in [0.25, 0.3) is 5.91 Å². The van der Waals surface area contributed by atoms with Crippen LogP contribution in [0, 0.1) is 19.7 Å². The molecule has 0 spiro atoms. The quantitative estimate of drug-likeness (QED) is 0.336. The average molecular weight is 499 g/mol. The molecule has 0 saturated carbocycles. The number of amides is 2. The fourth-order valence-corrected chi connectivity index (χ4v) is 4.00. The first-order chi connectivity index (χ1) is 16.8. The standard InChI is InChI=1S/C22H23FN8O3S/c1-11-5-15(30-34-11)8-26-21(33)18-19(24-4)27-10-31(18)13(3)20(32)28-17-9-35-22(29-17)14-6-16(23)12(2)25-7-14/h5-7,9-10,13,24H,8H2,1-4H3,(H,26,33)(H,28,32)/t13-/m0/s1. The van der Waals surface area contributed by atoms with Gasteiger partial charge in [0.15, 0.2) is 11.5 Å². The van der Waals surface area contributed by atoms with Gasteiger partial charge in [-0.2, -0.15) is 0 Å². The topological polar surface area (TPSA) is 140 Å². The van der Waals surface area contributed by atoms with Gasteiger partial charge in [-0.3, -0.25) is 14.6 Å².